The number of rotatable bonds is 5. The highest BCUT2D eigenvalue weighted by molar-refractivity contribution is 7.48. The lowest BCUT2D eigenvalue weighted by molar-refractivity contribution is -0.103. The fourth-order valence-corrected chi connectivity index (χ4v) is 4.47. The quantitative estimate of drug-likeness (QED) is 0.725. The van der Waals surface area contributed by atoms with E-state index >= 15 is 0 Å². The molecule has 4 atom stereocenters. The van der Waals surface area contributed by atoms with Gasteiger partial charge in [0.25, 0.3) is 5.56 Å². The van der Waals surface area contributed by atoms with Crippen LogP contribution in [0, 0.1) is 6.92 Å². The summed E-state index contributed by atoms with van der Waals surface area (Å²) in [6, 6.07) is 9.41. The second-order valence-corrected chi connectivity index (χ2v) is 8.32. The zero-order valence-corrected chi connectivity index (χ0v) is 16.6. The van der Waals surface area contributed by atoms with E-state index in [1.807, 2.05) is 30.3 Å². The number of nitrogens with zero attached hydrogens (tertiary/aromatic N) is 1. The van der Waals surface area contributed by atoms with E-state index in [9.17, 15) is 14.2 Å². The standard InChI is InChI=1S/C18H21N2O8P/c1-12-9-20(18(22)19-17(12)21)15-10-24-16(27-15)11-26-29(23)25-8-7-14(28-29)13-5-3-2-4-6-13/h2-6,9,14-16H,7-8,10-11H2,1H3,(H,19,21,22)/t14-,15+,16+,29+/m0/s1. The molecule has 0 spiro atoms. The lowest BCUT2D eigenvalue weighted by Gasteiger charge is -2.29. The van der Waals surface area contributed by atoms with Crippen molar-refractivity contribution in [2.45, 2.75) is 32.0 Å². The number of benzene rings is 1. The molecule has 2 saturated heterocycles. The summed E-state index contributed by atoms with van der Waals surface area (Å²) in [5.41, 5.74) is 0.199. The number of phosphoric ester groups is 1. The third kappa shape index (κ3) is 4.58. The lowest BCUT2D eigenvalue weighted by Crippen LogP contribution is -2.34. The second kappa shape index (κ2) is 8.35. The SMILES string of the molecule is Cc1cn([C@H]2CO[C@@H](CO[P@@]3(=O)OCC[C@@H](c4ccccc4)O3)O2)c(=O)[nH]c1=O. The van der Waals surface area contributed by atoms with E-state index in [0.29, 0.717) is 12.0 Å². The molecule has 2 aliphatic rings. The highest BCUT2D eigenvalue weighted by Gasteiger charge is 2.38. The first-order chi connectivity index (χ1) is 13.9. The van der Waals surface area contributed by atoms with Gasteiger partial charge in [-0.2, -0.15) is 0 Å². The van der Waals surface area contributed by atoms with Crippen molar-refractivity contribution in [2.24, 2.45) is 0 Å². The Bertz CT molecular complexity index is 1020. The summed E-state index contributed by atoms with van der Waals surface area (Å²) < 4.78 is 41.3. The molecule has 0 aliphatic carbocycles. The predicted octanol–water partition coefficient (Wildman–Crippen LogP) is 2.02. The van der Waals surface area contributed by atoms with Crippen LogP contribution in [0.2, 0.25) is 0 Å². The highest BCUT2D eigenvalue weighted by atomic mass is 31.2. The van der Waals surface area contributed by atoms with Crippen LogP contribution >= 0.6 is 7.82 Å². The van der Waals surface area contributed by atoms with E-state index in [1.54, 1.807) is 6.92 Å². The number of hydrogen-bond donors (Lipinski definition) is 1. The molecule has 4 rings (SSSR count). The Morgan fingerprint density at radius 1 is 1.28 bits per heavy atom. The van der Waals surface area contributed by atoms with Crippen molar-refractivity contribution in [3.63, 3.8) is 0 Å². The number of aromatic amines is 1. The summed E-state index contributed by atoms with van der Waals surface area (Å²) in [6.07, 6.45) is -0.0355. The maximum atomic E-state index is 12.8. The van der Waals surface area contributed by atoms with Crippen molar-refractivity contribution >= 4 is 7.82 Å². The fourth-order valence-electron chi connectivity index (χ4n) is 3.10. The molecule has 1 aromatic carbocycles. The molecule has 29 heavy (non-hydrogen) atoms. The van der Waals surface area contributed by atoms with E-state index in [1.165, 1.54) is 10.8 Å². The number of H-pyrrole nitrogens is 1. The van der Waals surface area contributed by atoms with E-state index in [-0.39, 0.29) is 19.8 Å². The molecule has 1 aromatic heterocycles. The molecule has 0 amide bonds. The molecule has 0 unspecified atom stereocenters. The minimum atomic E-state index is -3.78. The molecule has 0 bridgehead atoms. The highest BCUT2D eigenvalue weighted by Crippen LogP contribution is 2.57. The first-order valence-electron chi connectivity index (χ1n) is 9.15. The summed E-state index contributed by atoms with van der Waals surface area (Å²) in [7, 11) is -3.78. The average molecular weight is 424 g/mol. The van der Waals surface area contributed by atoms with Crippen molar-refractivity contribution in [3.05, 3.63) is 68.5 Å². The van der Waals surface area contributed by atoms with Gasteiger partial charge in [0.2, 0.25) is 0 Å². The molecule has 2 fully saturated rings. The molecule has 3 heterocycles. The summed E-state index contributed by atoms with van der Waals surface area (Å²) in [5.74, 6) is 0. The second-order valence-electron chi connectivity index (χ2n) is 6.70. The number of nitrogens with one attached hydrogen (secondary N) is 1. The molecule has 2 aromatic rings. The van der Waals surface area contributed by atoms with Crippen molar-refractivity contribution in [1.82, 2.24) is 9.55 Å². The maximum Gasteiger partial charge on any atom is 0.475 e. The smallest absolute Gasteiger partial charge is 0.345 e. The molecule has 1 N–H and O–H groups in total. The van der Waals surface area contributed by atoms with Gasteiger partial charge in [-0.05, 0) is 12.5 Å². The third-order valence-electron chi connectivity index (χ3n) is 4.62. The van der Waals surface area contributed by atoms with E-state index in [4.69, 9.17) is 23.0 Å². The number of aromatic nitrogens is 2. The van der Waals surface area contributed by atoms with Gasteiger partial charge in [-0.15, -0.1) is 0 Å². The van der Waals surface area contributed by atoms with E-state index in [2.05, 4.69) is 4.98 Å². The lowest BCUT2D eigenvalue weighted by atomic mass is 10.1. The summed E-state index contributed by atoms with van der Waals surface area (Å²) in [4.78, 5) is 25.7. The molecule has 0 saturated carbocycles. The van der Waals surface area contributed by atoms with E-state index in [0.717, 1.165) is 5.56 Å². The van der Waals surface area contributed by atoms with Gasteiger partial charge in [0.05, 0.1) is 19.3 Å². The molecular weight excluding hydrogens is 403 g/mol. The Balaban J connectivity index is 1.36. The molecule has 10 nitrogen and oxygen atoms in total. The van der Waals surface area contributed by atoms with Gasteiger partial charge in [-0.1, -0.05) is 30.3 Å². The summed E-state index contributed by atoms with van der Waals surface area (Å²) in [5, 5.41) is 0. The molecule has 11 heteroatoms. The van der Waals surface area contributed by atoms with E-state index < -0.39 is 37.7 Å². The van der Waals surface area contributed by atoms with Crippen LogP contribution in [0.3, 0.4) is 0 Å². The summed E-state index contributed by atoms with van der Waals surface area (Å²) in [6.45, 7) is 1.68. The monoisotopic (exact) mass is 424 g/mol. The Hall–Kier alpha value is -2.07. The van der Waals surface area contributed by atoms with Crippen molar-refractivity contribution < 1.29 is 27.6 Å². The minimum Gasteiger partial charge on any atom is -0.345 e. The maximum absolute atomic E-state index is 12.8. The molecule has 2 aliphatic heterocycles. The number of phosphoric acid groups is 1. The van der Waals surface area contributed by atoms with Gasteiger partial charge in [0.15, 0.2) is 12.5 Å². The Morgan fingerprint density at radius 2 is 2.07 bits per heavy atom. The van der Waals surface area contributed by atoms with Gasteiger partial charge in [-0.25, -0.2) is 9.36 Å². The van der Waals surface area contributed by atoms with Gasteiger partial charge >= 0.3 is 13.5 Å². The Labute approximate surface area is 165 Å². The Morgan fingerprint density at radius 3 is 2.86 bits per heavy atom. The van der Waals surface area contributed by atoms with Crippen molar-refractivity contribution in [2.75, 3.05) is 19.8 Å². The first-order valence-corrected chi connectivity index (χ1v) is 10.6. The molecule has 0 radical (unpaired) electrons. The third-order valence-corrected chi connectivity index (χ3v) is 6.09. The van der Waals surface area contributed by atoms with Crippen LogP contribution in [-0.2, 0) is 27.6 Å². The topological polar surface area (TPSA) is 118 Å². The Kier molecular flexibility index (Phi) is 5.82. The summed E-state index contributed by atoms with van der Waals surface area (Å²) >= 11 is 0. The van der Waals surface area contributed by atoms with Gasteiger partial charge in [-0.3, -0.25) is 27.9 Å². The van der Waals surface area contributed by atoms with Gasteiger partial charge in [0.1, 0.15) is 6.61 Å². The van der Waals surface area contributed by atoms with Crippen LogP contribution in [-0.4, -0.2) is 35.7 Å². The van der Waals surface area contributed by atoms with Crippen LogP contribution in [0.4, 0.5) is 0 Å². The minimum absolute atomic E-state index is 0.0675. The zero-order chi connectivity index (χ0) is 20.4. The molecular formula is C18H21N2O8P. The van der Waals surface area contributed by atoms with Gasteiger partial charge in [0, 0.05) is 18.2 Å². The first kappa shape index (κ1) is 20.2. The largest absolute Gasteiger partial charge is 0.475 e. The fraction of sp³-hybridized carbons (Fsp3) is 0.444. The van der Waals surface area contributed by atoms with Crippen LogP contribution in [0.25, 0.3) is 0 Å². The van der Waals surface area contributed by atoms with Crippen LogP contribution in [0.5, 0.6) is 0 Å². The average Bonchev–Trinajstić information content (AvgIpc) is 3.19. The van der Waals surface area contributed by atoms with Crippen molar-refractivity contribution in [1.29, 1.82) is 0 Å². The predicted molar refractivity (Wildman–Crippen MR) is 100 cm³/mol. The van der Waals surface area contributed by atoms with Gasteiger partial charge < -0.3 is 9.47 Å². The number of hydrogen-bond acceptors (Lipinski definition) is 8. The number of aryl methyl sites for hydroxylation is 1. The van der Waals surface area contributed by atoms with Crippen LogP contribution in [0.15, 0.2) is 46.1 Å². The van der Waals surface area contributed by atoms with Crippen molar-refractivity contribution in [3.8, 4) is 0 Å². The molecule has 156 valence electrons. The number of ether oxygens (including phenoxy) is 2. The van der Waals surface area contributed by atoms with Crippen LogP contribution < -0.4 is 11.2 Å². The van der Waals surface area contributed by atoms with Crippen LogP contribution in [0.1, 0.15) is 29.9 Å². The zero-order valence-electron chi connectivity index (χ0n) is 15.7. The normalized spacial score (nSPS) is 29.8.